The van der Waals surface area contributed by atoms with E-state index in [1.54, 1.807) is 24.1 Å². The Hall–Kier alpha value is -1.52. The zero-order valence-corrected chi connectivity index (χ0v) is 13.0. The Bertz CT molecular complexity index is 580. The molecule has 1 heterocycles. The third-order valence-electron chi connectivity index (χ3n) is 2.78. The van der Waals surface area contributed by atoms with Crippen molar-refractivity contribution < 1.29 is 9.53 Å². The highest BCUT2D eigenvalue weighted by Gasteiger charge is 2.14. The molecule has 5 heteroatoms. The van der Waals surface area contributed by atoms with E-state index in [4.69, 9.17) is 16.3 Å². The van der Waals surface area contributed by atoms with Gasteiger partial charge in [-0.05, 0) is 36.8 Å². The molecule has 0 unspecified atom stereocenters. The fourth-order valence-electron chi connectivity index (χ4n) is 1.82. The summed E-state index contributed by atoms with van der Waals surface area (Å²) in [5.41, 5.74) is 1.06. The first kappa shape index (κ1) is 14.9. The van der Waals surface area contributed by atoms with Crippen LogP contribution in [0.1, 0.15) is 22.2 Å². The van der Waals surface area contributed by atoms with Gasteiger partial charge in [-0.15, -0.1) is 11.3 Å². The van der Waals surface area contributed by atoms with Gasteiger partial charge in [-0.1, -0.05) is 23.7 Å². The van der Waals surface area contributed by atoms with Crippen LogP contribution in [-0.4, -0.2) is 24.5 Å². The zero-order chi connectivity index (χ0) is 14.5. The molecule has 0 aliphatic rings. The highest BCUT2D eigenvalue weighted by molar-refractivity contribution is 7.17. The molecule has 0 bridgehead atoms. The Kier molecular flexibility index (Phi) is 5.04. The van der Waals surface area contributed by atoms with Crippen LogP contribution in [-0.2, 0) is 6.54 Å². The number of carbonyl (C=O) groups excluding carboxylic acids is 1. The van der Waals surface area contributed by atoms with Crippen molar-refractivity contribution in [1.29, 1.82) is 0 Å². The normalized spacial score (nSPS) is 10.3. The molecule has 0 spiro atoms. The van der Waals surface area contributed by atoms with Gasteiger partial charge >= 0.3 is 0 Å². The summed E-state index contributed by atoms with van der Waals surface area (Å²) < 4.78 is 6.02. The molecule has 0 aliphatic carbocycles. The van der Waals surface area contributed by atoms with E-state index in [9.17, 15) is 4.79 Å². The maximum atomic E-state index is 12.2. The molecule has 0 N–H and O–H groups in total. The maximum Gasteiger partial charge on any atom is 0.264 e. The van der Waals surface area contributed by atoms with Crippen LogP contribution in [0.25, 0.3) is 0 Å². The highest BCUT2D eigenvalue weighted by atomic mass is 35.5. The minimum atomic E-state index is -0.0178. The van der Waals surface area contributed by atoms with E-state index < -0.39 is 0 Å². The fourth-order valence-corrected chi connectivity index (χ4v) is 2.86. The van der Waals surface area contributed by atoms with Gasteiger partial charge in [0.25, 0.3) is 5.91 Å². The molecule has 1 aromatic carbocycles. The Morgan fingerprint density at radius 2 is 1.95 bits per heavy atom. The molecular formula is C15H16ClNO2S. The van der Waals surface area contributed by atoms with Crippen molar-refractivity contribution in [3.8, 4) is 5.75 Å². The van der Waals surface area contributed by atoms with Gasteiger partial charge < -0.3 is 9.64 Å². The molecule has 2 aromatic rings. The van der Waals surface area contributed by atoms with Gasteiger partial charge in [0.1, 0.15) is 5.75 Å². The number of halogens is 1. The third-order valence-corrected chi connectivity index (χ3v) is 4.00. The number of thiophene rings is 1. The van der Waals surface area contributed by atoms with Crippen LogP contribution in [0.2, 0.25) is 4.34 Å². The predicted molar refractivity (Wildman–Crippen MR) is 82.7 cm³/mol. The van der Waals surface area contributed by atoms with Gasteiger partial charge in [0.15, 0.2) is 0 Å². The zero-order valence-electron chi connectivity index (χ0n) is 11.4. The van der Waals surface area contributed by atoms with Gasteiger partial charge in [0, 0.05) is 13.6 Å². The van der Waals surface area contributed by atoms with Crippen LogP contribution in [0.5, 0.6) is 5.75 Å². The molecule has 0 atom stereocenters. The first-order valence-corrected chi connectivity index (χ1v) is 7.52. The van der Waals surface area contributed by atoms with Crippen molar-refractivity contribution in [1.82, 2.24) is 4.90 Å². The van der Waals surface area contributed by atoms with Crippen LogP contribution < -0.4 is 4.74 Å². The van der Waals surface area contributed by atoms with E-state index in [0.29, 0.717) is 22.4 Å². The predicted octanol–water partition coefficient (Wildman–Crippen LogP) is 4.07. The average Bonchev–Trinajstić information content (AvgIpc) is 2.87. The number of nitrogens with zero attached hydrogens (tertiary/aromatic N) is 1. The number of amides is 1. The van der Waals surface area contributed by atoms with Crippen LogP contribution in [0.4, 0.5) is 0 Å². The SMILES string of the molecule is CCOc1ccc(CN(C)C(=O)c2ccc(Cl)s2)cc1. The molecule has 106 valence electrons. The lowest BCUT2D eigenvalue weighted by molar-refractivity contribution is 0.0790. The lowest BCUT2D eigenvalue weighted by atomic mass is 10.2. The summed E-state index contributed by atoms with van der Waals surface area (Å²) in [6.45, 7) is 3.16. The van der Waals surface area contributed by atoms with Gasteiger partial charge in [0.2, 0.25) is 0 Å². The second-order valence-electron chi connectivity index (χ2n) is 4.34. The minimum Gasteiger partial charge on any atom is -0.494 e. The summed E-state index contributed by atoms with van der Waals surface area (Å²) in [6, 6.07) is 11.3. The Morgan fingerprint density at radius 3 is 2.50 bits per heavy atom. The van der Waals surface area contributed by atoms with Crippen LogP contribution in [0, 0.1) is 0 Å². The van der Waals surface area contributed by atoms with Gasteiger partial charge in [0.05, 0.1) is 15.8 Å². The molecule has 3 nitrogen and oxygen atoms in total. The summed E-state index contributed by atoms with van der Waals surface area (Å²) in [4.78, 5) is 14.5. The topological polar surface area (TPSA) is 29.5 Å². The summed E-state index contributed by atoms with van der Waals surface area (Å²) in [5.74, 6) is 0.825. The van der Waals surface area contributed by atoms with Crippen molar-refractivity contribution in [2.45, 2.75) is 13.5 Å². The average molecular weight is 310 g/mol. The van der Waals surface area contributed by atoms with Gasteiger partial charge in [-0.2, -0.15) is 0 Å². The smallest absolute Gasteiger partial charge is 0.264 e. The molecule has 0 aliphatic heterocycles. The van der Waals surface area contributed by atoms with Crippen molar-refractivity contribution in [3.63, 3.8) is 0 Å². The quantitative estimate of drug-likeness (QED) is 0.833. The van der Waals surface area contributed by atoms with Crippen molar-refractivity contribution >= 4 is 28.8 Å². The molecule has 1 amide bonds. The fraction of sp³-hybridized carbons (Fsp3) is 0.267. The van der Waals surface area contributed by atoms with Gasteiger partial charge in [-0.3, -0.25) is 4.79 Å². The lowest BCUT2D eigenvalue weighted by Gasteiger charge is -2.16. The summed E-state index contributed by atoms with van der Waals surface area (Å²) in [7, 11) is 1.78. The largest absolute Gasteiger partial charge is 0.494 e. The summed E-state index contributed by atoms with van der Waals surface area (Å²) in [6.07, 6.45) is 0. The first-order chi connectivity index (χ1) is 9.60. The van der Waals surface area contributed by atoms with E-state index >= 15 is 0 Å². The number of ether oxygens (including phenoxy) is 1. The molecule has 0 saturated carbocycles. The number of hydrogen-bond donors (Lipinski definition) is 0. The second kappa shape index (κ2) is 6.77. The number of rotatable bonds is 5. The minimum absolute atomic E-state index is 0.0178. The van der Waals surface area contributed by atoms with Crippen molar-refractivity contribution in [3.05, 3.63) is 51.2 Å². The van der Waals surface area contributed by atoms with Gasteiger partial charge in [-0.25, -0.2) is 0 Å². The number of hydrogen-bond acceptors (Lipinski definition) is 3. The van der Waals surface area contributed by atoms with Crippen LogP contribution in [0.15, 0.2) is 36.4 Å². The molecule has 0 fully saturated rings. The molecule has 0 saturated heterocycles. The Morgan fingerprint density at radius 1 is 1.25 bits per heavy atom. The van der Waals surface area contributed by atoms with Crippen molar-refractivity contribution in [2.75, 3.05) is 13.7 Å². The van der Waals surface area contributed by atoms with Crippen LogP contribution in [0.3, 0.4) is 0 Å². The number of benzene rings is 1. The molecule has 20 heavy (non-hydrogen) atoms. The molecule has 2 rings (SSSR count). The van der Waals surface area contributed by atoms with E-state index in [1.165, 1.54) is 11.3 Å². The molecular weight excluding hydrogens is 294 g/mol. The molecule has 1 aromatic heterocycles. The summed E-state index contributed by atoms with van der Waals surface area (Å²) >= 11 is 7.15. The maximum absolute atomic E-state index is 12.2. The van der Waals surface area contributed by atoms with E-state index in [-0.39, 0.29) is 5.91 Å². The van der Waals surface area contributed by atoms with E-state index in [2.05, 4.69) is 0 Å². The Labute approximate surface area is 127 Å². The number of carbonyl (C=O) groups is 1. The van der Waals surface area contributed by atoms with E-state index in [1.807, 2.05) is 31.2 Å². The standard InChI is InChI=1S/C15H16ClNO2S/c1-3-19-12-6-4-11(5-7-12)10-17(2)15(18)13-8-9-14(16)20-13/h4-9H,3,10H2,1-2H3. The Balaban J connectivity index is 2.00. The first-order valence-electron chi connectivity index (χ1n) is 6.32. The lowest BCUT2D eigenvalue weighted by Crippen LogP contribution is -2.25. The highest BCUT2D eigenvalue weighted by Crippen LogP contribution is 2.23. The van der Waals surface area contributed by atoms with Crippen LogP contribution >= 0.6 is 22.9 Å². The molecule has 0 radical (unpaired) electrons. The second-order valence-corrected chi connectivity index (χ2v) is 6.06. The third kappa shape index (κ3) is 3.74. The van der Waals surface area contributed by atoms with E-state index in [0.717, 1.165) is 11.3 Å². The summed E-state index contributed by atoms with van der Waals surface area (Å²) in [5, 5.41) is 0. The van der Waals surface area contributed by atoms with Crippen molar-refractivity contribution in [2.24, 2.45) is 0 Å². The monoisotopic (exact) mass is 309 g/mol.